The Morgan fingerprint density at radius 1 is 1.19 bits per heavy atom. The van der Waals surface area contributed by atoms with E-state index in [-0.39, 0.29) is 5.91 Å². The Kier molecular flexibility index (Phi) is 6.18. The molecule has 3 rings (SSSR count). The van der Waals surface area contributed by atoms with Crippen LogP contribution in [0.4, 0.5) is 5.82 Å². The van der Waals surface area contributed by atoms with Crippen molar-refractivity contribution in [3.8, 4) is 6.07 Å². The van der Waals surface area contributed by atoms with Crippen LogP contribution in [0.3, 0.4) is 0 Å². The van der Waals surface area contributed by atoms with E-state index < -0.39 is 0 Å². The fraction of sp³-hybridized carbons (Fsp3) is 0.350. The molecule has 26 heavy (non-hydrogen) atoms. The Hall–Kier alpha value is -2.91. The standard InChI is InChI=1S/C20H23N5O/c21-14-18-4-3-9-22-19(18)24-15-16-5-7-17(8-6-16)20(26)23-10-13-25-11-1-2-12-25/h3-9H,1-2,10-13,15H2,(H,22,24)(H,23,26). The van der Waals surface area contributed by atoms with E-state index in [4.69, 9.17) is 5.26 Å². The minimum atomic E-state index is -0.0415. The highest BCUT2D eigenvalue weighted by Gasteiger charge is 2.11. The van der Waals surface area contributed by atoms with Crippen molar-refractivity contribution in [1.29, 1.82) is 5.26 Å². The maximum absolute atomic E-state index is 12.2. The summed E-state index contributed by atoms with van der Waals surface area (Å²) in [6.07, 6.45) is 4.17. The number of likely N-dealkylation sites (tertiary alicyclic amines) is 1. The molecule has 0 radical (unpaired) electrons. The third-order valence-corrected chi connectivity index (χ3v) is 4.52. The van der Waals surface area contributed by atoms with Gasteiger partial charge in [-0.25, -0.2) is 4.98 Å². The van der Waals surface area contributed by atoms with E-state index in [0.717, 1.165) is 25.2 Å². The molecule has 134 valence electrons. The number of pyridine rings is 1. The van der Waals surface area contributed by atoms with Crippen molar-refractivity contribution in [2.75, 3.05) is 31.5 Å². The summed E-state index contributed by atoms with van der Waals surface area (Å²) in [7, 11) is 0. The number of nitriles is 1. The van der Waals surface area contributed by atoms with Gasteiger partial charge in [0.15, 0.2) is 0 Å². The van der Waals surface area contributed by atoms with Crippen molar-refractivity contribution < 1.29 is 4.79 Å². The average molecular weight is 349 g/mol. The Morgan fingerprint density at radius 3 is 2.69 bits per heavy atom. The third kappa shape index (κ3) is 4.80. The van der Waals surface area contributed by atoms with E-state index in [2.05, 4.69) is 26.6 Å². The molecule has 6 heteroatoms. The molecular weight excluding hydrogens is 326 g/mol. The number of nitrogens with zero attached hydrogens (tertiary/aromatic N) is 3. The molecule has 0 saturated carbocycles. The van der Waals surface area contributed by atoms with Crippen LogP contribution >= 0.6 is 0 Å². The van der Waals surface area contributed by atoms with Crippen LogP contribution in [-0.2, 0) is 6.54 Å². The fourth-order valence-electron chi connectivity index (χ4n) is 3.03. The number of carbonyl (C=O) groups excluding carboxylic acids is 1. The monoisotopic (exact) mass is 349 g/mol. The van der Waals surface area contributed by atoms with Crippen molar-refractivity contribution in [3.63, 3.8) is 0 Å². The smallest absolute Gasteiger partial charge is 0.251 e. The second kappa shape index (κ2) is 8.97. The summed E-state index contributed by atoms with van der Waals surface area (Å²) in [5.41, 5.74) is 2.19. The first-order valence-corrected chi connectivity index (χ1v) is 8.95. The number of carbonyl (C=O) groups is 1. The zero-order valence-corrected chi connectivity index (χ0v) is 14.7. The van der Waals surface area contributed by atoms with Gasteiger partial charge in [-0.05, 0) is 55.8 Å². The quantitative estimate of drug-likeness (QED) is 0.802. The molecule has 1 fully saturated rings. The summed E-state index contributed by atoms with van der Waals surface area (Å²) in [5.74, 6) is 0.527. The molecule has 0 bridgehead atoms. The highest BCUT2D eigenvalue weighted by atomic mass is 16.1. The van der Waals surface area contributed by atoms with Gasteiger partial charge in [0.2, 0.25) is 0 Å². The Bertz CT molecular complexity index is 776. The summed E-state index contributed by atoms with van der Waals surface area (Å²) >= 11 is 0. The van der Waals surface area contributed by atoms with Crippen molar-refractivity contribution in [3.05, 3.63) is 59.3 Å². The fourth-order valence-corrected chi connectivity index (χ4v) is 3.03. The van der Waals surface area contributed by atoms with E-state index in [1.807, 2.05) is 24.3 Å². The van der Waals surface area contributed by atoms with E-state index in [0.29, 0.717) is 30.0 Å². The van der Waals surface area contributed by atoms with Gasteiger partial charge in [-0.1, -0.05) is 12.1 Å². The third-order valence-electron chi connectivity index (χ3n) is 4.52. The number of hydrogen-bond donors (Lipinski definition) is 2. The molecule has 1 aliphatic rings. The molecule has 2 aromatic rings. The lowest BCUT2D eigenvalue weighted by Crippen LogP contribution is -2.33. The molecule has 0 atom stereocenters. The first kappa shape index (κ1) is 17.9. The van der Waals surface area contributed by atoms with Crippen LogP contribution in [0.2, 0.25) is 0 Å². The average Bonchev–Trinajstić information content (AvgIpc) is 3.20. The number of hydrogen-bond acceptors (Lipinski definition) is 5. The Morgan fingerprint density at radius 2 is 1.96 bits per heavy atom. The summed E-state index contributed by atoms with van der Waals surface area (Å²) in [6, 6.07) is 13.1. The molecule has 0 aliphatic carbocycles. The Balaban J connectivity index is 1.48. The molecule has 2 heterocycles. The van der Waals surface area contributed by atoms with Crippen LogP contribution < -0.4 is 10.6 Å². The molecule has 1 saturated heterocycles. The van der Waals surface area contributed by atoms with Crippen LogP contribution in [0.5, 0.6) is 0 Å². The largest absolute Gasteiger partial charge is 0.365 e. The van der Waals surface area contributed by atoms with Crippen LogP contribution in [0, 0.1) is 11.3 Å². The first-order valence-electron chi connectivity index (χ1n) is 8.95. The van der Waals surface area contributed by atoms with Crippen molar-refractivity contribution in [2.24, 2.45) is 0 Å². The lowest BCUT2D eigenvalue weighted by molar-refractivity contribution is 0.0949. The second-order valence-corrected chi connectivity index (χ2v) is 6.37. The van der Waals surface area contributed by atoms with Crippen LogP contribution in [0.25, 0.3) is 0 Å². The maximum Gasteiger partial charge on any atom is 0.251 e. The van der Waals surface area contributed by atoms with Crippen molar-refractivity contribution in [2.45, 2.75) is 19.4 Å². The minimum Gasteiger partial charge on any atom is -0.365 e. The summed E-state index contributed by atoms with van der Waals surface area (Å²) in [5, 5.41) is 15.2. The Labute approximate surface area is 153 Å². The van der Waals surface area contributed by atoms with Crippen LogP contribution in [0.1, 0.15) is 34.3 Å². The van der Waals surface area contributed by atoms with Gasteiger partial charge in [0.1, 0.15) is 11.9 Å². The molecular formula is C20H23N5O. The number of nitrogens with one attached hydrogen (secondary N) is 2. The number of amides is 1. The first-order chi connectivity index (χ1) is 12.8. The highest BCUT2D eigenvalue weighted by Crippen LogP contribution is 2.12. The SMILES string of the molecule is N#Cc1cccnc1NCc1ccc(C(=O)NCCN2CCCC2)cc1. The van der Waals surface area contributed by atoms with Crippen molar-refractivity contribution in [1.82, 2.24) is 15.2 Å². The topological polar surface area (TPSA) is 81.0 Å². The van der Waals surface area contributed by atoms with Gasteiger partial charge in [0.25, 0.3) is 5.91 Å². The number of rotatable bonds is 7. The molecule has 6 nitrogen and oxygen atoms in total. The van der Waals surface area contributed by atoms with Gasteiger partial charge in [-0.3, -0.25) is 4.79 Å². The lowest BCUT2D eigenvalue weighted by Gasteiger charge is -2.14. The predicted molar refractivity (Wildman–Crippen MR) is 101 cm³/mol. The molecule has 2 N–H and O–H groups in total. The van der Waals surface area contributed by atoms with Gasteiger partial charge in [0.05, 0.1) is 5.56 Å². The van der Waals surface area contributed by atoms with Gasteiger partial charge in [0, 0.05) is 31.4 Å². The van der Waals surface area contributed by atoms with E-state index in [1.54, 1.807) is 18.3 Å². The van der Waals surface area contributed by atoms with Crippen molar-refractivity contribution >= 4 is 11.7 Å². The van der Waals surface area contributed by atoms with Crippen LogP contribution in [-0.4, -0.2) is 42.0 Å². The number of benzene rings is 1. The summed E-state index contributed by atoms with van der Waals surface area (Å²) in [6.45, 7) is 4.42. The van der Waals surface area contributed by atoms with E-state index >= 15 is 0 Å². The van der Waals surface area contributed by atoms with Crippen LogP contribution in [0.15, 0.2) is 42.6 Å². The molecule has 0 spiro atoms. The predicted octanol–water partition coefficient (Wildman–Crippen LogP) is 2.39. The van der Waals surface area contributed by atoms with Gasteiger partial charge in [-0.2, -0.15) is 5.26 Å². The zero-order valence-electron chi connectivity index (χ0n) is 14.7. The van der Waals surface area contributed by atoms with E-state index in [1.165, 1.54) is 12.8 Å². The molecule has 0 unspecified atom stereocenters. The highest BCUT2D eigenvalue weighted by molar-refractivity contribution is 5.94. The molecule has 1 aromatic carbocycles. The summed E-state index contributed by atoms with van der Waals surface area (Å²) in [4.78, 5) is 18.8. The second-order valence-electron chi connectivity index (χ2n) is 6.37. The van der Waals surface area contributed by atoms with E-state index in [9.17, 15) is 4.79 Å². The molecule has 1 amide bonds. The maximum atomic E-state index is 12.2. The normalized spacial score (nSPS) is 14.0. The lowest BCUT2D eigenvalue weighted by atomic mass is 10.1. The minimum absolute atomic E-state index is 0.0415. The van der Waals surface area contributed by atoms with Gasteiger partial charge in [-0.15, -0.1) is 0 Å². The zero-order chi connectivity index (χ0) is 18.2. The summed E-state index contributed by atoms with van der Waals surface area (Å²) < 4.78 is 0. The molecule has 1 aliphatic heterocycles. The molecule has 1 aromatic heterocycles. The number of aromatic nitrogens is 1. The van der Waals surface area contributed by atoms with Gasteiger partial charge < -0.3 is 15.5 Å². The number of anilines is 1. The van der Waals surface area contributed by atoms with Gasteiger partial charge >= 0.3 is 0 Å².